The van der Waals surface area contributed by atoms with Crippen molar-refractivity contribution in [1.82, 2.24) is 5.16 Å². The van der Waals surface area contributed by atoms with E-state index in [4.69, 9.17) is 14.0 Å². The molecule has 0 spiro atoms. The van der Waals surface area contributed by atoms with Crippen molar-refractivity contribution in [2.24, 2.45) is 0 Å². The van der Waals surface area contributed by atoms with Gasteiger partial charge < -0.3 is 24.2 Å². The van der Waals surface area contributed by atoms with Gasteiger partial charge in [0.25, 0.3) is 5.91 Å². The third-order valence-corrected chi connectivity index (χ3v) is 3.38. The number of morpholine rings is 1. The minimum Gasteiger partial charge on any atom is -0.497 e. The summed E-state index contributed by atoms with van der Waals surface area (Å²) in [6, 6.07) is 8.77. The second kappa shape index (κ2) is 6.48. The fourth-order valence-electron chi connectivity index (χ4n) is 2.20. The molecule has 0 saturated carbocycles. The van der Waals surface area contributed by atoms with Gasteiger partial charge in [-0.05, 0) is 12.1 Å². The molecule has 3 rings (SSSR count). The molecule has 1 aliphatic rings. The highest BCUT2D eigenvalue weighted by Crippen LogP contribution is 2.20. The molecular weight excluding hydrogens is 286 g/mol. The fourth-order valence-corrected chi connectivity index (χ4v) is 2.20. The number of methoxy groups -OCH3 is 1. The molecule has 1 saturated heterocycles. The molecule has 0 unspecified atom stereocenters. The van der Waals surface area contributed by atoms with Gasteiger partial charge >= 0.3 is 0 Å². The molecule has 22 heavy (non-hydrogen) atoms. The van der Waals surface area contributed by atoms with Gasteiger partial charge in [-0.1, -0.05) is 11.2 Å². The van der Waals surface area contributed by atoms with Crippen LogP contribution in [0.2, 0.25) is 0 Å². The van der Waals surface area contributed by atoms with Crippen LogP contribution in [0.3, 0.4) is 0 Å². The van der Waals surface area contributed by atoms with Crippen LogP contribution in [-0.2, 0) is 4.74 Å². The zero-order valence-electron chi connectivity index (χ0n) is 12.2. The van der Waals surface area contributed by atoms with Crippen molar-refractivity contribution >= 4 is 17.5 Å². The first-order chi connectivity index (χ1) is 10.8. The monoisotopic (exact) mass is 303 g/mol. The molecule has 116 valence electrons. The lowest BCUT2D eigenvalue weighted by Gasteiger charge is -2.25. The highest BCUT2D eigenvalue weighted by atomic mass is 16.5. The molecule has 1 aromatic heterocycles. The smallest absolute Gasteiger partial charge is 0.277 e. The summed E-state index contributed by atoms with van der Waals surface area (Å²) >= 11 is 0. The Morgan fingerprint density at radius 1 is 1.32 bits per heavy atom. The number of carbonyl (C=O) groups is 1. The maximum absolute atomic E-state index is 12.2. The molecule has 0 radical (unpaired) electrons. The van der Waals surface area contributed by atoms with E-state index in [-0.39, 0.29) is 11.6 Å². The molecule has 1 aliphatic heterocycles. The number of benzene rings is 1. The molecule has 2 aromatic rings. The Morgan fingerprint density at radius 3 is 2.91 bits per heavy atom. The van der Waals surface area contributed by atoms with Crippen LogP contribution in [0.4, 0.5) is 11.6 Å². The Kier molecular flexibility index (Phi) is 4.24. The summed E-state index contributed by atoms with van der Waals surface area (Å²) in [6.07, 6.45) is 0. The fraction of sp³-hybridized carbons (Fsp3) is 0.333. The third kappa shape index (κ3) is 3.20. The lowest BCUT2D eigenvalue weighted by molar-refractivity contribution is 0.101. The molecule has 1 amide bonds. The first-order valence-corrected chi connectivity index (χ1v) is 7.01. The van der Waals surface area contributed by atoms with Crippen LogP contribution in [0, 0.1) is 0 Å². The lowest BCUT2D eigenvalue weighted by atomic mass is 10.3. The summed E-state index contributed by atoms with van der Waals surface area (Å²) in [4.78, 5) is 14.2. The van der Waals surface area contributed by atoms with Crippen LogP contribution >= 0.6 is 0 Å². The van der Waals surface area contributed by atoms with Crippen molar-refractivity contribution in [2.45, 2.75) is 0 Å². The van der Waals surface area contributed by atoms with Crippen molar-refractivity contribution in [2.75, 3.05) is 43.6 Å². The van der Waals surface area contributed by atoms with E-state index in [9.17, 15) is 4.79 Å². The number of nitrogens with one attached hydrogen (secondary N) is 1. The minimum atomic E-state index is -0.323. The average molecular weight is 303 g/mol. The number of ether oxygens (including phenoxy) is 2. The van der Waals surface area contributed by atoms with Crippen molar-refractivity contribution in [1.29, 1.82) is 0 Å². The summed E-state index contributed by atoms with van der Waals surface area (Å²) in [7, 11) is 1.58. The maximum atomic E-state index is 12.2. The Labute approximate surface area is 127 Å². The van der Waals surface area contributed by atoms with Gasteiger partial charge in [0.2, 0.25) is 5.88 Å². The molecule has 1 aromatic carbocycles. The van der Waals surface area contributed by atoms with Gasteiger partial charge in [-0.25, -0.2) is 0 Å². The second-order valence-corrected chi connectivity index (χ2v) is 4.84. The van der Waals surface area contributed by atoms with E-state index in [1.807, 2.05) is 11.0 Å². The van der Waals surface area contributed by atoms with Gasteiger partial charge in [-0.15, -0.1) is 0 Å². The van der Waals surface area contributed by atoms with E-state index in [0.717, 1.165) is 13.1 Å². The van der Waals surface area contributed by atoms with Crippen LogP contribution < -0.4 is 15.0 Å². The Morgan fingerprint density at radius 2 is 2.14 bits per heavy atom. The number of anilines is 2. The maximum Gasteiger partial charge on any atom is 0.277 e. The first-order valence-electron chi connectivity index (χ1n) is 7.01. The molecule has 7 nitrogen and oxygen atoms in total. The third-order valence-electron chi connectivity index (χ3n) is 3.38. The molecular formula is C15H17N3O4. The van der Waals surface area contributed by atoms with E-state index in [0.29, 0.717) is 30.5 Å². The van der Waals surface area contributed by atoms with Gasteiger partial charge in [-0.3, -0.25) is 4.79 Å². The predicted molar refractivity (Wildman–Crippen MR) is 80.5 cm³/mol. The van der Waals surface area contributed by atoms with Gasteiger partial charge in [0, 0.05) is 30.9 Å². The average Bonchev–Trinajstić information content (AvgIpc) is 3.06. The normalized spacial score (nSPS) is 14.7. The van der Waals surface area contributed by atoms with E-state index >= 15 is 0 Å². The SMILES string of the molecule is COc1cccc(NC(=O)c2cc(N3CCOCC3)on2)c1. The highest BCUT2D eigenvalue weighted by molar-refractivity contribution is 6.03. The lowest BCUT2D eigenvalue weighted by Crippen LogP contribution is -2.35. The minimum absolute atomic E-state index is 0.240. The Balaban J connectivity index is 1.68. The standard InChI is InChI=1S/C15H17N3O4/c1-20-12-4-2-3-11(9-12)16-15(19)13-10-14(22-17-13)18-5-7-21-8-6-18/h2-4,9-10H,5-8H2,1H3,(H,16,19). The number of aromatic nitrogens is 1. The molecule has 1 fully saturated rings. The van der Waals surface area contributed by atoms with Gasteiger partial charge in [0.05, 0.1) is 20.3 Å². The molecule has 7 heteroatoms. The number of rotatable bonds is 4. The van der Waals surface area contributed by atoms with Gasteiger partial charge in [-0.2, -0.15) is 0 Å². The Bertz CT molecular complexity index is 650. The van der Waals surface area contributed by atoms with Crippen LogP contribution in [0.15, 0.2) is 34.9 Å². The number of nitrogens with zero attached hydrogens (tertiary/aromatic N) is 2. The predicted octanol–water partition coefficient (Wildman–Crippen LogP) is 1.77. The molecule has 1 N–H and O–H groups in total. The number of amides is 1. The number of hydrogen-bond acceptors (Lipinski definition) is 6. The van der Waals surface area contributed by atoms with E-state index in [1.165, 1.54) is 0 Å². The summed E-state index contributed by atoms with van der Waals surface area (Å²) < 4.78 is 15.6. The molecule has 2 heterocycles. The van der Waals surface area contributed by atoms with Gasteiger partial charge in [0.15, 0.2) is 5.69 Å². The van der Waals surface area contributed by atoms with Crippen LogP contribution in [0.1, 0.15) is 10.5 Å². The van der Waals surface area contributed by atoms with Crippen LogP contribution in [0.25, 0.3) is 0 Å². The zero-order chi connectivity index (χ0) is 15.4. The van der Waals surface area contributed by atoms with Crippen molar-refractivity contribution in [3.63, 3.8) is 0 Å². The van der Waals surface area contributed by atoms with Gasteiger partial charge in [0.1, 0.15) is 5.75 Å². The molecule has 0 bridgehead atoms. The van der Waals surface area contributed by atoms with E-state index < -0.39 is 0 Å². The molecule has 0 atom stereocenters. The number of carbonyl (C=O) groups excluding carboxylic acids is 1. The largest absolute Gasteiger partial charge is 0.497 e. The highest BCUT2D eigenvalue weighted by Gasteiger charge is 2.19. The van der Waals surface area contributed by atoms with E-state index in [2.05, 4.69) is 10.5 Å². The van der Waals surface area contributed by atoms with Crippen LogP contribution in [-0.4, -0.2) is 44.5 Å². The van der Waals surface area contributed by atoms with Crippen LogP contribution in [0.5, 0.6) is 5.75 Å². The number of hydrogen-bond donors (Lipinski definition) is 1. The molecule has 0 aliphatic carbocycles. The Hall–Kier alpha value is -2.54. The first kappa shape index (κ1) is 14.4. The summed E-state index contributed by atoms with van der Waals surface area (Å²) in [5.74, 6) is 0.933. The zero-order valence-corrected chi connectivity index (χ0v) is 12.2. The van der Waals surface area contributed by atoms with E-state index in [1.54, 1.807) is 31.4 Å². The van der Waals surface area contributed by atoms with Crippen molar-refractivity contribution in [3.05, 3.63) is 36.0 Å². The summed E-state index contributed by atoms with van der Waals surface area (Å²) in [5, 5.41) is 6.59. The summed E-state index contributed by atoms with van der Waals surface area (Å²) in [5.41, 5.74) is 0.879. The summed E-state index contributed by atoms with van der Waals surface area (Å²) in [6.45, 7) is 2.75. The van der Waals surface area contributed by atoms with Crippen molar-refractivity contribution in [3.8, 4) is 5.75 Å². The second-order valence-electron chi connectivity index (χ2n) is 4.84. The van der Waals surface area contributed by atoms with Crippen molar-refractivity contribution < 1.29 is 18.8 Å². The quantitative estimate of drug-likeness (QED) is 0.927. The topological polar surface area (TPSA) is 76.8 Å².